The molecule has 0 aromatic carbocycles. The van der Waals surface area contributed by atoms with E-state index >= 15 is 0 Å². The second kappa shape index (κ2) is 54.7. The van der Waals surface area contributed by atoms with Gasteiger partial charge < -0.3 is 14.2 Å². The van der Waals surface area contributed by atoms with Crippen LogP contribution < -0.4 is 0 Å². The van der Waals surface area contributed by atoms with Gasteiger partial charge in [0.05, 0.1) is 0 Å². The van der Waals surface area contributed by atoms with Crippen molar-refractivity contribution < 1.29 is 28.6 Å². The molecule has 0 aliphatic heterocycles. The molecular weight excluding hydrogens is 817 g/mol. The molecule has 0 aliphatic rings. The minimum absolute atomic E-state index is 0.0796. The highest BCUT2D eigenvalue weighted by Crippen LogP contribution is 2.15. The lowest BCUT2D eigenvalue weighted by atomic mass is 10.0. The molecule has 0 saturated carbocycles. The fraction of sp³-hybridized carbons (Fsp3) is 0.783. The normalized spacial score (nSPS) is 12.5. The number of hydrogen-bond donors (Lipinski definition) is 0. The minimum atomic E-state index is -0.782. The van der Waals surface area contributed by atoms with Gasteiger partial charge in [0.2, 0.25) is 0 Å². The first-order chi connectivity index (χ1) is 32.5. The van der Waals surface area contributed by atoms with Crippen LogP contribution in [0.1, 0.15) is 284 Å². The van der Waals surface area contributed by atoms with Crippen LogP contribution in [0, 0.1) is 0 Å². The van der Waals surface area contributed by atoms with Gasteiger partial charge in [-0.2, -0.15) is 0 Å². The van der Waals surface area contributed by atoms with E-state index in [0.29, 0.717) is 19.3 Å². The number of carbonyl (C=O) groups is 3. The molecule has 1 atom stereocenters. The number of hydrogen-bond acceptors (Lipinski definition) is 6. The summed E-state index contributed by atoms with van der Waals surface area (Å²) < 4.78 is 16.8. The van der Waals surface area contributed by atoms with Crippen molar-refractivity contribution in [3.05, 3.63) is 60.8 Å². The van der Waals surface area contributed by atoms with E-state index in [1.807, 2.05) is 0 Å². The SMILES string of the molecule is CCCCC/C=C\C/C=C\C/C=C\CCCCCCCCC(=O)OCC(COC(=O)CCCCCCCCCCCCCC)OC(=O)CCCCCCCCC/C=C\C/C=C\CCCCC. The van der Waals surface area contributed by atoms with Crippen molar-refractivity contribution in [2.24, 2.45) is 0 Å². The monoisotopic (exact) mass is 923 g/mol. The number of ether oxygens (including phenoxy) is 3. The molecule has 0 heterocycles. The highest BCUT2D eigenvalue weighted by Gasteiger charge is 2.19. The Kier molecular flexibility index (Phi) is 52.3. The molecule has 0 amide bonds. The summed E-state index contributed by atoms with van der Waals surface area (Å²) in [5.41, 5.74) is 0. The van der Waals surface area contributed by atoms with Gasteiger partial charge in [0.1, 0.15) is 13.2 Å². The Morgan fingerprint density at radius 1 is 0.303 bits per heavy atom. The zero-order valence-electron chi connectivity index (χ0n) is 43.7. The van der Waals surface area contributed by atoms with Crippen LogP contribution in [0.4, 0.5) is 0 Å². The molecule has 1 unspecified atom stereocenters. The summed E-state index contributed by atoms with van der Waals surface area (Å²) in [6.07, 6.45) is 67.7. The van der Waals surface area contributed by atoms with Crippen LogP contribution in [0.25, 0.3) is 0 Å². The second-order valence-electron chi connectivity index (χ2n) is 18.8. The maximum Gasteiger partial charge on any atom is 0.306 e. The Balaban J connectivity index is 4.38. The molecule has 6 heteroatoms. The van der Waals surface area contributed by atoms with Crippen LogP contribution in [0.3, 0.4) is 0 Å². The second-order valence-corrected chi connectivity index (χ2v) is 18.8. The van der Waals surface area contributed by atoms with E-state index in [0.717, 1.165) is 89.9 Å². The van der Waals surface area contributed by atoms with Crippen molar-refractivity contribution >= 4 is 17.9 Å². The van der Waals surface area contributed by atoms with Gasteiger partial charge in [-0.25, -0.2) is 0 Å². The molecule has 0 radical (unpaired) electrons. The number of allylic oxidation sites excluding steroid dienone is 10. The van der Waals surface area contributed by atoms with Crippen molar-refractivity contribution in [3.8, 4) is 0 Å². The van der Waals surface area contributed by atoms with Crippen molar-refractivity contribution in [2.45, 2.75) is 290 Å². The van der Waals surface area contributed by atoms with Crippen molar-refractivity contribution in [1.82, 2.24) is 0 Å². The van der Waals surface area contributed by atoms with Crippen LogP contribution in [0.15, 0.2) is 60.8 Å². The molecule has 0 rings (SSSR count). The van der Waals surface area contributed by atoms with Gasteiger partial charge in [-0.05, 0) is 89.9 Å². The van der Waals surface area contributed by atoms with Gasteiger partial charge in [0.15, 0.2) is 6.10 Å². The van der Waals surface area contributed by atoms with E-state index in [4.69, 9.17) is 14.2 Å². The summed E-state index contributed by atoms with van der Waals surface area (Å²) in [4.78, 5) is 38.1. The zero-order chi connectivity index (χ0) is 47.9. The van der Waals surface area contributed by atoms with Crippen molar-refractivity contribution in [1.29, 1.82) is 0 Å². The lowest BCUT2D eigenvalue weighted by Gasteiger charge is -2.18. The van der Waals surface area contributed by atoms with Gasteiger partial charge in [-0.3, -0.25) is 14.4 Å². The highest BCUT2D eigenvalue weighted by molar-refractivity contribution is 5.71. The molecule has 0 bridgehead atoms. The summed E-state index contributed by atoms with van der Waals surface area (Å²) in [5, 5.41) is 0. The van der Waals surface area contributed by atoms with Crippen molar-refractivity contribution in [2.75, 3.05) is 13.2 Å². The zero-order valence-corrected chi connectivity index (χ0v) is 43.7. The molecule has 0 aliphatic carbocycles. The third kappa shape index (κ3) is 52.1. The molecule has 0 aromatic heterocycles. The van der Waals surface area contributed by atoms with Gasteiger partial charge in [-0.1, -0.05) is 236 Å². The first kappa shape index (κ1) is 63.1. The quantitative estimate of drug-likeness (QED) is 0.0262. The number of carbonyl (C=O) groups excluding carboxylic acids is 3. The van der Waals surface area contributed by atoms with Gasteiger partial charge in [-0.15, -0.1) is 0 Å². The lowest BCUT2D eigenvalue weighted by molar-refractivity contribution is -0.167. The lowest BCUT2D eigenvalue weighted by Crippen LogP contribution is -2.30. The molecule has 66 heavy (non-hydrogen) atoms. The van der Waals surface area contributed by atoms with Crippen LogP contribution in [0.5, 0.6) is 0 Å². The van der Waals surface area contributed by atoms with Crippen LogP contribution in [-0.2, 0) is 28.6 Å². The molecule has 382 valence electrons. The van der Waals surface area contributed by atoms with E-state index in [9.17, 15) is 14.4 Å². The number of unbranched alkanes of at least 4 members (excludes halogenated alkanes) is 30. The fourth-order valence-corrected chi connectivity index (χ4v) is 7.95. The Hall–Kier alpha value is -2.89. The Bertz CT molecular complexity index is 1200. The minimum Gasteiger partial charge on any atom is -0.462 e. The molecule has 0 fully saturated rings. The predicted molar refractivity (Wildman–Crippen MR) is 284 cm³/mol. The van der Waals surface area contributed by atoms with E-state index < -0.39 is 6.10 Å². The fourth-order valence-electron chi connectivity index (χ4n) is 7.95. The molecule has 0 spiro atoms. The molecule has 6 nitrogen and oxygen atoms in total. The largest absolute Gasteiger partial charge is 0.462 e. The summed E-state index contributed by atoms with van der Waals surface area (Å²) in [6, 6.07) is 0. The standard InChI is InChI=1S/C60H106O6/c1-4-7-10-13-16-19-22-25-27-29-30-32-33-35-38-41-44-47-50-53-59(62)65-56-57(55-64-58(61)52-49-46-43-40-37-24-21-18-15-12-9-6-3)66-60(63)54-51-48-45-42-39-36-34-31-28-26-23-20-17-14-11-8-5-2/h16-17,19-20,25-28,30,32,57H,4-15,18,21-24,29,31,33-56H2,1-3H3/b19-16-,20-17-,27-25-,28-26-,32-30-. The molecule has 0 saturated heterocycles. The van der Waals surface area contributed by atoms with E-state index in [2.05, 4.69) is 81.5 Å². The summed E-state index contributed by atoms with van der Waals surface area (Å²) in [5.74, 6) is -0.891. The smallest absolute Gasteiger partial charge is 0.306 e. The summed E-state index contributed by atoms with van der Waals surface area (Å²) in [6.45, 7) is 6.59. The first-order valence-corrected chi connectivity index (χ1v) is 28.3. The maximum atomic E-state index is 12.8. The highest BCUT2D eigenvalue weighted by atomic mass is 16.6. The van der Waals surface area contributed by atoms with E-state index in [1.54, 1.807) is 0 Å². The average Bonchev–Trinajstić information content (AvgIpc) is 3.31. The Labute approximate surface area is 409 Å². The van der Waals surface area contributed by atoms with E-state index in [1.165, 1.54) is 154 Å². The predicted octanol–water partition coefficient (Wildman–Crippen LogP) is 18.8. The van der Waals surface area contributed by atoms with Crippen LogP contribution in [-0.4, -0.2) is 37.2 Å². The van der Waals surface area contributed by atoms with Gasteiger partial charge in [0, 0.05) is 19.3 Å². The Morgan fingerprint density at radius 3 is 0.879 bits per heavy atom. The summed E-state index contributed by atoms with van der Waals surface area (Å²) in [7, 11) is 0. The topological polar surface area (TPSA) is 78.9 Å². The summed E-state index contributed by atoms with van der Waals surface area (Å²) >= 11 is 0. The van der Waals surface area contributed by atoms with Crippen LogP contribution >= 0.6 is 0 Å². The molecule has 0 N–H and O–H groups in total. The van der Waals surface area contributed by atoms with Gasteiger partial charge in [0.25, 0.3) is 0 Å². The van der Waals surface area contributed by atoms with Crippen LogP contribution in [0.2, 0.25) is 0 Å². The van der Waals surface area contributed by atoms with Crippen molar-refractivity contribution in [3.63, 3.8) is 0 Å². The number of rotatable bonds is 51. The first-order valence-electron chi connectivity index (χ1n) is 28.3. The maximum absolute atomic E-state index is 12.8. The molecule has 0 aromatic rings. The van der Waals surface area contributed by atoms with E-state index in [-0.39, 0.29) is 31.1 Å². The Morgan fingerprint density at radius 2 is 0.545 bits per heavy atom. The molecular formula is C60H106O6. The third-order valence-corrected chi connectivity index (χ3v) is 12.2. The number of esters is 3. The average molecular weight is 924 g/mol. The van der Waals surface area contributed by atoms with Gasteiger partial charge >= 0.3 is 17.9 Å². The third-order valence-electron chi connectivity index (χ3n) is 12.2.